The molecule has 0 aliphatic carbocycles. The highest BCUT2D eigenvalue weighted by atomic mass is 127. The number of thioether (sulfide) groups is 1. The van der Waals surface area contributed by atoms with Crippen molar-refractivity contribution in [3.05, 3.63) is 29.8 Å². The summed E-state index contributed by atoms with van der Waals surface area (Å²) in [6.45, 7) is 12.5. The summed E-state index contributed by atoms with van der Waals surface area (Å²) in [6, 6.07) is 8.55. The van der Waals surface area contributed by atoms with E-state index in [9.17, 15) is 0 Å². The summed E-state index contributed by atoms with van der Waals surface area (Å²) >= 11 is 1.86. The topological polar surface area (TPSA) is 48.9 Å². The predicted molar refractivity (Wildman–Crippen MR) is 125 cm³/mol. The molecule has 0 bridgehead atoms. The zero-order chi connectivity index (χ0) is 18.1. The van der Waals surface area contributed by atoms with Crippen LogP contribution in [0.2, 0.25) is 0 Å². The molecule has 2 rings (SSSR count). The van der Waals surface area contributed by atoms with E-state index in [1.807, 2.05) is 11.8 Å². The standard InChI is InChI=1S/C19H32N4OS.HI/c1-5-20-18(22-15-19(2,3)25-4)21-14-16-8-6-7-9-17(16)23-10-12-24-13-11-23;/h6-9H,5,10-15H2,1-4H3,(H2,20,21,22);1H. The summed E-state index contributed by atoms with van der Waals surface area (Å²) in [5, 5.41) is 6.81. The molecule has 0 atom stereocenters. The Morgan fingerprint density at radius 2 is 1.92 bits per heavy atom. The first-order chi connectivity index (χ1) is 12.1. The lowest BCUT2D eigenvalue weighted by atomic mass is 10.1. The van der Waals surface area contributed by atoms with Crippen molar-refractivity contribution < 1.29 is 4.74 Å². The number of hydrogen-bond donors (Lipinski definition) is 2. The minimum atomic E-state index is 0. The van der Waals surface area contributed by atoms with E-state index in [1.165, 1.54) is 11.3 Å². The fraction of sp³-hybridized carbons (Fsp3) is 0.632. The highest BCUT2D eigenvalue weighted by Gasteiger charge is 2.17. The number of anilines is 1. The highest BCUT2D eigenvalue weighted by molar-refractivity contribution is 14.0. The number of rotatable bonds is 7. The molecule has 2 N–H and O–H groups in total. The van der Waals surface area contributed by atoms with Crippen LogP contribution in [0.3, 0.4) is 0 Å². The van der Waals surface area contributed by atoms with Gasteiger partial charge in [-0.2, -0.15) is 11.8 Å². The molecule has 148 valence electrons. The Labute approximate surface area is 179 Å². The van der Waals surface area contributed by atoms with Crippen molar-refractivity contribution in [2.45, 2.75) is 32.1 Å². The van der Waals surface area contributed by atoms with Crippen LogP contribution in [0.5, 0.6) is 0 Å². The van der Waals surface area contributed by atoms with E-state index >= 15 is 0 Å². The Kier molecular flexibility index (Phi) is 10.7. The van der Waals surface area contributed by atoms with Crippen LogP contribution in [0.1, 0.15) is 26.3 Å². The zero-order valence-corrected chi connectivity index (χ0v) is 19.5. The van der Waals surface area contributed by atoms with E-state index in [0.717, 1.165) is 45.4 Å². The molecule has 1 heterocycles. The van der Waals surface area contributed by atoms with Crippen molar-refractivity contribution in [3.8, 4) is 0 Å². The summed E-state index contributed by atoms with van der Waals surface area (Å²) < 4.78 is 5.66. The van der Waals surface area contributed by atoms with Gasteiger partial charge in [0.15, 0.2) is 5.96 Å². The van der Waals surface area contributed by atoms with Crippen molar-refractivity contribution in [2.75, 3.05) is 50.5 Å². The average Bonchev–Trinajstić information content (AvgIpc) is 2.65. The minimum Gasteiger partial charge on any atom is -0.378 e. The van der Waals surface area contributed by atoms with E-state index < -0.39 is 0 Å². The number of nitrogens with zero attached hydrogens (tertiary/aromatic N) is 2. The van der Waals surface area contributed by atoms with E-state index in [0.29, 0.717) is 6.54 Å². The lowest BCUT2D eigenvalue weighted by molar-refractivity contribution is 0.122. The number of guanidine groups is 1. The second-order valence-corrected chi connectivity index (χ2v) is 8.25. The lowest BCUT2D eigenvalue weighted by Crippen LogP contribution is -2.43. The maximum absolute atomic E-state index is 5.47. The number of morpholine rings is 1. The number of hydrogen-bond acceptors (Lipinski definition) is 4. The van der Waals surface area contributed by atoms with Gasteiger partial charge in [-0.1, -0.05) is 18.2 Å². The number of ether oxygens (including phenoxy) is 1. The molecule has 1 aliphatic rings. The third-order valence-electron chi connectivity index (χ3n) is 4.33. The quantitative estimate of drug-likeness (QED) is 0.348. The number of nitrogens with one attached hydrogen (secondary N) is 2. The Balaban J connectivity index is 0.00000338. The fourth-order valence-electron chi connectivity index (χ4n) is 2.63. The first kappa shape index (κ1) is 23.4. The van der Waals surface area contributed by atoms with Crippen LogP contribution >= 0.6 is 35.7 Å². The van der Waals surface area contributed by atoms with Gasteiger partial charge < -0.3 is 20.3 Å². The normalized spacial score (nSPS) is 15.4. The van der Waals surface area contributed by atoms with Gasteiger partial charge in [0.2, 0.25) is 0 Å². The highest BCUT2D eigenvalue weighted by Crippen LogP contribution is 2.22. The molecule has 5 nitrogen and oxygen atoms in total. The van der Waals surface area contributed by atoms with Crippen LogP contribution in [0.4, 0.5) is 5.69 Å². The van der Waals surface area contributed by atoms with E-state index in [-0.39, 0.29) is 28.7 Å². The van der Waals surface area contributed by atoms with Gasteiger partial charge >= 0.3 is 0 Å². The van der Waals surface area contributed by atoms with Crippen LogP contribution in [-0.4, -0.2) is 56.4 Å². The first-order valence-corrected chi connectivity index (χ1v) is 10.3. The number of para-hydroxylation sites is 1. The van der Waals surface area contributed by atoms with Gasteiger partial charge in [-0.15, -0.1) is 24.0 Å². The van der Waals surface area contributed by atoms with Gasteiger partial charge in [0, 0.05) is 36.6 Å². The number of aliphatic imine (C=N–C) groups is 1. The maximum atomic E-state index is 5.47. The lowest BCUT2D eigenvalue weighted by Gasteiger charge is -2.30. The Morgan fingerprint density at radius 1 is 1.23 bits per heavy atom. The van der Waals surface area contributed by atoms with Crippen LogP contribution in [-0.2, 0) is 11.3 Å². The number of halogens is 1. The molecule has 0 unspecified atom stereocenters. The molecule has 0 aromatic heterocycles. The maximum Gasteiger partial charge on any atom is 0.191 e. The Morgan fingerprint density at radius 3 is 2.58 bits per heavy atom. The summed E-state index contributed by atoms with van der Waals surface area (Å²) in [7, 11) is 0. The average molecular weight is 492 g/mol. The van der Waals surface area contributed by atoms with Gasteiger partial charge in [0.25, 0.3) is 0 Å². The van der Waals surface area contributed by atoms with Crippen molar-refractivity contribution in [2.24, 2.45) is 4.99 Å². The molecule has 1 saturated heterocycles. The van der Waals surface area contributed by atoms with Crippen molar-refractivity contribution in [1.82, 2.24) is 10.6 Å². The molecule has 0 saturated carbocycles. The summed E-state index contributed by atoms with van der Waals surface area (Å²) in [5.74, 6) is 0.876. The van der Waals surface area contributed by atoms with E-state index in [4.69, 9.17) is 9.73 Å². The molecule has 1 aromatic carbocycles. The second kappa shape index (κ2) is 11.9. The molecule has 1 aromatic rings. The SMILES string of the molecule is CCNC(=NCc1ccccc1N1CCOCC1)NCC(C)(C)SC.I. The minimum absolute atomic E-state index is 0. The largest absolute Gasteiger partial charge is 0.378 e. The van der Waals surface area contributed by atoms with Crippen molar-refractivity contribution in [3.63, 3.8) is 0 Å². The van der Waals surface area contributed by atoms with Gasteiger partial charge in [-0.05, 0) is 38.7 Å². The first-order valence-electron chi connectivity index (χ1n) is 9.03. The smallest absolute Gasteiger partial charge is 0.191 e. The fourth-order valence-corrected chi connectivity index (χ4v) is 2.85. The van der Waals surface area contributed by atoms with Crippen LogP contribution in [0.25, 0.3) is 0 Å². The molecule has 1 aliphatic heterocycles. The van der Waals surface area contributed by atoms with E-state index in [1.54, 1.807) is 0 Å². The molecule has 1 fully saturated rings. The van der Waals surface area contributed by atoms with Crippen LogP contribution in [0, 0.1) is 0 Å². The molecular formula is C19H33IN4OS. The predicted octanol–water partition coefficient (Wildman–Crippen LogP) is 3.34. The Bertz CT molecular complexity index is 562. The van der Waals surface area contributed by atoms with Gasteiger partial charge in [0.1, 0.15) is 0 Å². The summed E-state index contributed by atoms with van der Waals surface area (Å²) in [5.41, 5.74) is 2.53. The van der Waals surface area contributed by atoms with Gasteiger partial charge in [-0.3, -0.25) is 0 Å². The number of benzene rings is 1. The molecule has 0 spiro atoms. The molecule has 0 amide bonds. The third kappa shape index (κ3) is 7.52. The van der Waals surface area contributed by atoms with Crippen LogP contribution < -0.4 is 15.5 Å². The monoisotopic (exact) mass is 492 g/mol. The zero-order valence-electron chi connectivity index (χ0n) is 16.4. The van der Waals surface area contributed by atoms with Crippen molar-refractivity contribution >= 4 is 47.4 Å². The van der Waals surface area contributed by atoms with Gasteiger partial charge in [-0.25, -0.2) is 4.99 Å². The molecule has 7 heteroatoms. The Hall–Kier alpha value is -0.670. The van der Waals surface area contributed by atoms with Crippen LogP contribution in [0.15, 0.2) is 29.3 Å². The van der Waals surface area contributed by atoms with E-state index in [2.05, 4.69) is 66.8 Å². The summed E-state index contributed by atoms with van der Waals surface area (Å²) in [4.78, 5) is 7.20. The second-order valence-electron chi connectivity index (χ2n) is 6.74. The van der Waals surface area contributed by atoms with Gasteiger partial charge in [0.05, 0.1) is 19.8 Å². The third-order valence-corrected chi connectivity index (χ3v) is 5.58. The molecular weight excluding hydrogens is 459 g/mol. The summed E-state index contributed by atoms with van der Waals surface area (Å²) in [6.07, 6.45) is 2.14. The molecule has 26 heavy (non-hydrogen) atoms. The molecule has 0 radical (unpaired) electrons. The van der Waals surface area contributed by atoms with Crippen molar-refractivity contribution in [1.29, 1.82) is 0 Å².